The van der Waals surface area contributed by atoms with Crippen LogP contribution in [0.1, 0.15) is 37.8 Å². The van der Waals surface area contributed by atoms with Crippen molar-refractivity contribution in [1.82, 2.24) is 4.31 Å². The first-order chi connectivity index (χ1) is 15.1. The zero-order valence-electron chi connectivity index (χ0n) is 18.7. The molecule has 0 aromatic heterocycles. The number of nitrogens with zero attached hydrogens (tertiary/aromatic N) is 1. The van der Waals surface area contributed by atoms with E-state index in [-0.39, 0.29) is 32.0 Å². The van der Waals surface area contributed by atoms with Crippen LogP contribution in [0, 0.1) is 12.7 Å². The molecule has 1 atom stereocenters. The first kappa shape index (κ1) is 24.2. The molecule has 1 saturated heterocycles. The zero-order valence-corrected chi connectivity index (χ0v) is 19.5. The summed E-state index contributed by atoms with van der Waals surface area (Å²) in [5, 5.41) is 2.61. The highest BCUT2D eigenvalue weighted by Crippen LogP contribution is 2.26. The van der Waals surface area contributed by atoms with E-state index in [9.17, 15) is 17.6 Å². The number of carbonyl (C=O) groups excluding carboxylic acids is 1. The van der Waals surface area contributed by atoms with Crippen LogP contribution in [-0.4, -0.2) is 51.0 Å². The zero-order chi connectivity index (χ0) is 23.5. The summed E-state index contributed by atoms with van der Waals surface area (Å²) in [6.45, 7) is 8.60. The molecular formula is C23H29FN2O5S. The molecule has 2 aromatic rings. The number of halogens is 1. The molecule has 174 valence electrons. The number of ether oxygens (including phenoxy) is 2. The van der Waals surface area contributed by atoms with Gasteiger partial charge in [-0.3, -0.25) is 4.79 Å². The van der Waals surface area contributed by atoms with Crippen molar-refractivity contribution in [1.29, 1.82) is 0 Å². The van der Waals surface area contributed by atoms with Crippen LogP contribution in [0.4, 0.5) is 10.1 Å². The molecule has 7 nitrogen and oxygen atoms in total. The average molecular weight is 465 g/mol. The molecule has 1 aliphatic heterocycles. The minimum Gasteiger partial charge on any atom is -0.481 e. The van der Waals surface area contributed by atoms with Crippen molar-refractivity contribution in [2.75, 3.05) is 31.6 Å². The third-order valence-electron chi connectivity index (χ3n) is 5.33. The largest absolute Gasteiger partial charge is 0.481 e. The summed E-state index contributed by atoms with van der Waals surface area (Å²) < 4.78 is 52.1. The molecule has 1 amide bonds. The Morgan fingerprint density at radius 3 is 2.44 bits per heavy atom. The van der Waals surface area contributed by atoms with E-state index in [0.29, 0.717) is 11.7 Å². The Bertz CT molecular complexity index is 1080. The van der Waals surface area contributed by atoms with Gasteiger partial charge in [-0.05, 0) is 61.2 Å². The Morgan fingerprint density at radius 1 is 1.12 bits per heavy atom. The van der Waals surface area contributed by atoms with Gasteiger partial charge in [0.05, 0.1) is 13.2 Å². The molecule has 3 rings (SSSR count). The number of morpholine rings is 1. The van der Waals surface area contributed by atoms with Gasteiger partial charge in [-0.25, -0.2) is 12.8 Å². The molecule has 32 heavy (non-hydrogen) atoms. The van der Waals surface area contributed by atoms with Gasteiger partial charge in [-0.1, -0.05) is 19.9 Å². The van der Waals surface area contributed by atoms with Crippen LogP contribution in [0.2, 0.25) is 0 Å². The summed E-state index contributed by atoms with van der Waals surface area (Å²) in [5.74, 6) is -0.410. The average Bonchev–Trinajstić information content (AvgIpc) is 2.75. The molecule has 9 heteroatoms. The van der Waals surface area contributed by atoms with Gasteiger partial charge >= 0.3 is 0 Å². The lowest BCUT2D eigenvalue weighted by Gasteiger charge is -2.26. The van der Waals surface area contributed by atoms with Crippen LogP contribution in [0.25, 0.3) is 0 Å². The standard InChI is InChI=1S/C23H29FN2O5S/c1-15(2)20-7-6-19(13-16(20)3)31-17(4)23(27)25-18-5-8-21(24)22(14-18)32(28,29)26-9-11-30-12-10-26/h5-8,13-15,17H,9-12H2,1-4H3,(H,25,27). The number of nitrogens with one attached hydrogen (secondary N) is 1. The number of anilines is 1. The topological polar surface area (TPSA) is 84.9 Å². The molecule has 1 unspecified atom stereocenters. The van der Waals surface area contributed by atoms with E-state index in [1.54, 1.807) is 6.92 Å². The molecule has 0 bridgehead atoms. The molecule has 1 aliphatic rings. The number of hydrogen-bond acceptors (Lipinski definition) is 5. The van der Waals surface area contributed by atoms with Crippen molar-refractivity contribution >= 4 is 21.6 Å². The van der Waals surface area contributed by atoms with E-state index in [0.717, 1.165) is 17.7 Å². The van der Waals surface area contributed by atoms with Crippen LogP contribution in [0.3, 0.4) is 0 Å². The fraction of sp³-hybridized carbons (Fsp3) is 0.435. The van der Waals surface area contributed by atoms with E-state index in [1.807, 2.05) is 25.1 Å². The lowest BCUT2D eigenvalue weighted by Crippen LogP contribution is -2.41. The van der Waals surface area contributed by atoms with Crippen molar-refractivity contribution in [2.45, 2.75) is 44.6 Å². The van der Waals surface area contributed by atoms with Gasteiger partial charge in [0.25, 0.3) is 5.91 Å². The van der Waals surface area contributed by atoms with Gasteiger partial charge in [0.15, 0.2) is 6.10 Å². The van der Waals surface area contributed by atoms with E-state index >= 15 is 0 Å². The van der Waals surface area contributed by atoms with Gasteiger partial charge in [0.1, 0.15) is 16.5 Å². The van der Waals surface area contributed by atoms with E-state index in [1.165, 1.54) is 15.9 Å². The lowest BCUT2D eigenvalue weighted by atomic mass is 9.98. The van der Waals surface area contributed by atoms with Crippen LogP contribution in [-0.2, 0) is 19.6 Å². The highest BCUT2D eigenvalue weighted by Gasteiger charge is 2.29. The third kappa shape index (κ3) is 5.46. The summed E-state index contributed by atoms with van der Waals surface area (Å²) in [4.78, 5) is 12.1. The van der Waals surface area contributed by atoms with Crippen LogP contribution >= 0.6 is 0 Å². The molecule has 0 aliphatic carbocycles. The molecule has 1 fully saturated rings. The normalized spacial score (nSPS) is 16.1. The second-order valence-corrected chi connectivity index (χ2v) is 9.99. The van der Waals surface area contributed by atoms with E-state index in [4.69, 9.17) is 9.47 Å². The number of aryl methyl sites for hydroxylation is 1. The van der Waals surface area contributed by atoms with Crippen molar-refractivity contribution in [3.8, 4) is 5.75 Å². The first-order valence-corrected chi connectivity index (χ1v) is 12.0. The third-order valence-corrected chi connectivity index (χ3v) is 7.25. The van der Waals surface area contributed by atoms with Crippen molar-refractivity contribution in [3.05, 3.63) is 53.3 Å². The number of sulfonamides is 1. The molecule has 1 heterocycles. The van der Waals surface area contributed by atoms with E-state index < -0.39 is 32.7 Å². The summed E-state index contributed by atoms with van der Waals surface area (Å²) >= 11 is 0. The van der Waals surface area contributed by atoms with Crippen LogP contribution < -0.4 is 10.1 Å². The Balaban J connectivity index is 1.72. The van der Waals surface area contributed by atoms with Gasteiger partial charge in [0.2, 0.25) is 10.0 Å². The second kappa shape index (κ2) is 9.97. The maximum atomic E-state index is 14.4. The molecule has 0 spiro atoms. The van der Waals surface area contributed by atoms with Gasteiger partial charge < -0.3 is 14.8 Å². The van der Waals surface area contributed by atoms with Crippen LogP contribution in [0.15, 0.2) is 41.3 Å². The van der Waals surface area contributed by atoms with Crippen molar-refractivity contribution < 1.29 is 27.1 Å². The molecule has 2 aromatic carbocycles. The molecule has 0 radical (unpaired) electrons. The number of hydrogen-bond donors (Lipinski definition) is 1. The summed E-state index contributed by atoms with van der Waals surface area (Å²) in [6, 6.07) is 9.15. The summed E-state index contributed by atoms with van der Waals surface area (Å²) in [7, 11) is -4.04. The quantitative estimate of drug-likeness (QED) is 0.676. The fourth-order valence-corrected chi connectivity index (χ4v) is 5.07. The van der Waals surface area contributed by atoms with Crippen LogP contribution in [0.5, 0.6) is 5.75 Å². The maximum absolute atomic E-state index is 14.4. The predicted octanol–water partition coefficient (Wildman–Crippen LogP) is 3.68. The summed E-state index contributed by atoms with van der Waals surface area (Å²) in [6.07, 6.45) is -0.844. The number of benzene rings is 2. The number of rotatable bonds is 7. The highest BCUT2D eigenvalue weighted by molar-refractivity contribution is 7.89. The SMILES string of the molecule is Cc1cc(OC(C)C(=O)Nc2ccc(F)c(S(=O)(=O)N3CCOCC3)c2)ccc1C(C)C. The lowest BCUT2D eigenvalue weighted by molar-refractivity contribution is -0.122. The first-order valence-electron chi connectivity index (χ1n) is 10.5. The summed E-state index contributed by atoms with van der Waals surface area (Å²) in [5.41, 5.74) is 2.45. The number of amides is 1. The predicted molar refractivity (Wildman–Crippen MR) is 120 cm³/mol. The Labute approximate surface area is 188 Å². The van der Waals surface area contributed by atoms with Gasteiger partial charge in [-0.2, -0.15) is 4.31 Å². The van der Waals surface area contributed by atoms with Crippen molar-refractivity contribution in [2.24, 2.45) is 0 Å². The minimum absolute atomic E-state index is 0.151. The molecule has 1 N–H and O–H groups in total. The Kier molecular flexibility index (Phi) is 7.53. The van der Waals surface area contributed by atoms with Gasteiger partial charge in [0, 0.05) is 18.8 Å². The van der Waals surface area contributed by atoms with E-state index in [2.05, 4.69) is 19.2 Å². The maximum Gasteiger partial charge on any atom is 0.265 e. The molecular weight excluding hydrogens is 435 g/mol. The Morgan fingerprint density at radius 2 is 1.81 bits per heavy atom. The molecule has 0 saturated carbocycles. The highest BCUT2D eigenvalue weighted by atomic mass is 32.2. The smallest absolute Gasteiger partial charge is 0.265 e. The Hall–Kier alpha value is -2.49. The minimum atomic E-state index is -4.04. The fourth-order valence-electron chi connectivity index (χ4n) is 3.58. The van der Waals surface area contributed by atoms with Crippen molar-refractivity contribution in [3.63, 3.8) is 0 Å². The van der Waals surface area contributed by atoms with Gasteiger partial charge in [-0.15, -0.1) is 0 Å². The number of carbonyl (C=O) groups is 1. The second-order valence-electron chi connectivity index (χ2n) is 8.08. The monoisotopic (exact) mass is 464 g/mol.